The van der Waals surface area contributed by atoms with E-state index in [2.05, 4.69) is 11.9 Å². The zero-order valence-electron chi connectivity index (χ0n) is 9.88. The molecule has 0 fully saturated rings. The maximum absolute atomic E-state index is 10.9. The lowest BCUT2D eigenvalue weighted by molar-refractivity contribution is -0.144. The van der Waals surface area contributed by atoms with Crippen molar-refractivity contribution in [2.45, 2.75) is 51.5 Å². The minimum Gasteiger partial charge on any atom is -0.480 e. The van der Waals surface area contributed by atoms with Gasteiger partial charge in [0.1, 0.15) is 5.54 Å². The predicted molar refractivity (Wildman–Crippen MR) is 63.0 cm³/mol. The Morgan fingerprint density at radius 3 is 2.60 bits per heavy atom. The first-order valence-electron chi connectivity index (χ1n) is 5.66. The first-order chi connectivity index (χ1) is 7.06. The molecule has 0 heterocycles. The highest BCUT2D eigenvalue weighted by Gasteiger charge is 2.29. The molecule has 88 valence electrons. The Morgan fingerprint density at radius 2 is 2.13 bits per heavy atom. The number of carbonyl (C=O) groups is 1. The number of carboxylic acids is 1. The van der Waals surface area contributed by atoms with Gasteiger partial charge in [0.15, 0.2) is 0 Å². The molecule has 0 bridgehead atoms. The van der Waals surface area contributed by atoms with Crippen LogP contribution in [-0.4, -0.2) is 23.2 Å². The molecule has 3 nitrogen and oxygen atoms in total. The Hall–Kier alpha value is -0.830. The van der Waals surface area contributed by atoms with Gasteiger partial charge in [-0.2, -0.15) is 0 Å². The summed E-state index contributed by atoms with van der Waals surface area (Å²) in [5, 5.41) is 12.1. The van der Waals surface area contributed by atoms with E-state index in [-0.39, 0.29) is 0 Å². The van der Waals surface area contributed by atoms with Crippen LogP contribution in [0.2, 0.25) is 0 Å². The average Bonchev–Trinajstić information content (AvgIpc) is 2.22. The lowest BCUT2D eigenvalue weighted by Gasteiger charge is -2.24. The van der Waals surface area contributed by atoms with Gasteiger partial charge in [-0.1, -0.05) is 19.4 Å². The standard InChI is InChI=1S/C12H23NO2/c1-4-6-7-8-9-10-13-12(3,5-2)11(14)15/h4,13H,1,5-10H2,2-3H3,(H,14,15). The van der Waals surface area contributed by atoms with E-state index in [0.29, 0.717) is 6.42 Å². The van der Waals surface area contributed by atoms with Crippen molar-refractivity contribution in [3.8, 4) is 0 Å². The molecule has 0 saturated carbocycles. The molecule has 0 aromatic heterocycles. The number of allylic oxidation sites excluding steroid dienone is 1. The number of hydrogen-bond acceptors (Lipinski definition) is 2. The molecule has 1 atom stereocenters. The fourth-order valence-electron chi connectivity index (χ4n) is 1.31. The highest BCUT2D eigenvalue weighted by Crippen LogP contribution is 2.09. The van der Waals surface area contributed by atoms with E-state index in [9.17, 15) is 4.79 Å². The highest BCUT2D eigenvalue weighted by molar-refractivity contribution is 5.78. The summed E-state index contributed by atoms with van der Waals surface area (Å²) in [6.07, 6.45) is 6.86. The smallest absolute Gasteiger partial charge is 0.323 e. The van der Waals surface area contributed by atoms with Crippen LogP contribution in [0, 0.1) is 0 Å². The molecule has 0 radical (unpaired) electrons. The van der Waals surface area contributed by atoms with E-state index in [1.807, 2.05) is 13.0 Å². The quantitative estimate of drug-likeness (QED) is 0.457. The number of rotatable bonds is 9. The zero-order valence-corrected chi connectivity index (χ0v) is 9.88. The minimum atomic E-state index is -0.768. The third-order valence-electron chi connectivity index (χ3n) is 2.78. The van der Waals surface area contributed by atoms with Gasteiger partial charge < -0.3 is 10.4 Å². The van der Waals surface area contributed by atoms with E-state index >= 15 is 0 Å². The maximum atomic E-state index is 10.9. The molecular formula is C12H23NO2. The zero-order chi connectivity index (χ0) is 11.7. The van der Waals surface area contributed by atoms with Gasteiger partial charge >= 0.3 is 5.97 Å². The van der Waals surface area contributed by atoms with Crippen molar-refractivity contribution < 1.29 is 9.90 Å². The summed E-state index contributed by atoms with van der Waals surface area (Å²) in [6.45, 7) is 8.06. The lowest BCUT2D eigenvalue weighted by atomic mass is 9.99. The third kappa shape index (κ3) is 5.57. The number of unbranched alkanes of at least 4 members (excludes halogenated alkanes) is 3. The van der Waals surface area contributed by atoms with Crippen LogP contribution in [-0.2, 0) is 4.79 Å². The van der Waals surface area contributed by atoms with Gasteiger partial charge in [-0.15, -0.1) is 6.58 Å². The van der Waals surface area contributed by atoms with Crippen molar-refractivity contribution >= 4 is 5.97 Å². The van der Waals surface area contributed by atoms with Crippen LogP contribution in [0.25, 0.3) is 0 Å². The van der Waals surface area contributed by atoms with Crippen LogP contribution < -0.4 is 5.32 Å². The number of aliphatic carboxylic acids is 1. The van der Waals surface area contributed by atoms with Gasteiger partial charge in [0.2, 0.25) is 0 Å². The average molecular weight is 213 g/mol. The minimum absolute atomic E-state index is 0.606. The fraction of sp³-hybridized carbons (Fsp3) is 0.750. The summed E-state index contributed by atoms with van der Waals surface area (Å²) in [7, 11) is 0. The molecule has 0 aliphatic heterocycles. The lowest BCUT2D eigenvalue weighted by Crippen LogP contribution is -2.49. The summed E-state index contributed by atoms with van der Waals surface area (Å²) < 4.78 is 0. The van der Waals surface area contributed by atoms with Gasteiger partial charge in [-0.05, 0) is 39.2 Å². The van der Waals surface area contributed by atoms with Crippen LogP contribution in [0.4, 0.5) is 0 Å². The van der Waals surface area contributed by atoms with Crippen molar-refractivity contribution in [1.29, 1.82) is 0 Å². The van der Waals surface area contributed by atoms with Gasteiger partial charge in [0, 0.05) is 0 Å². The second-order valence-electron chi connectivity index (χ2n) is 4.06. The molecule has 15 heavy (non-hydrogen) atoms. The SMILES string of the molecule is C=CCCCCCNC(C)(CC)C(=O)O. The van der Waals surface area contributed by atoms with Crippen molar-refractivity contribution in [3.05, 3.63) is 12.7 Å². The second kappa shape index (κ2) is 7.46. The van der Waals surface area contributed by atoms with Crippen LogP contribution in [0.1, 0.15) is 46.0 Å². The fourth-order valence-corrected chi connectivity index (χ4v) is 1.31. The maximum Gasteiger partial charge on any atom is 0.323 e. The van der Waals surface area contributed by atoms with Crippen molar-refractivity contribution in [1.82, 2.24) is 5.32 Å². The normalized spacial score (nSPS) is 14.5. The van der Waals surface area contributed by atoms with Crippen LogP contribution in [0.5, 0.6) is 0 Å². The van der Waals surface area contributed by atoms with Crippen molar-refractivity contribution in [2.24, 2.45) is 0 Å². The van der Waals surface area contributed by atoms with Gasteiger partial charge in [0.25, 0.3) is 0 Å². The first kappa shape index (κ1) is 14.2. The van der Waals surface area contributed by atoms with E-state index in [1.165, 1.54) is 0 Å². The van der Waals surface area contributed by atoms with Gasteiger partial charge in [-0.25, -0.2) is 0 Å². The molecular weight excluding hydrogens is 190 g/mol. The van der Waals surface area contributed by atoms with E-state index in [1.54, 1.807) is 6.92 Å². The Balaban J connectivity index is 3.64. The Labute approximate surface area is 92.6 Å². The summed E-state index contributed by atoms with van der Waals surface area (Å²) in [5.41, 5.74) is -0.765. The number of hydrogen-bond donors (Lipinski definition) is 2. The third-order valence-corrected chi connectivity index (χ3v) is 2.78. The molecule has 0 aliphatic rings. The van der Waals surface area contributed by atoms with Gasteiger partial charge in [0.05, 0.1) is 0 Å². The summed E-state index contributed by atoms with van der Waals surface area (Å²) in [4.78, 5) is 10.9. The van der Waals surface area contributed by atoms with Crippen LogP contribution >= 0.6 is 0 Å². The van der Waals surface area contributed by atoms with Crippen molar-refractivity contribution in [3.63, 3.8) is 0 Å². The topological polar surface area (TPSA) is 49.3 Å². The summed E-state index contributed by atoms with van der Waals surface area (Å²) >= 11 is 0. The summed E-state index contributed by atoms with van der Waals surface area (Å²) in [6, 6.07) is 0. The van der Waals surface area contributed by atoms with E-state index in [0.717, 1.165) is 32.2 Å². The molecule has 1 unspecified atom stereocenters. The second-order valence-corrected chi connectivity index (χ2v) is 4.06. The first-order valence-corrected chi connectivity index (χ1v) is 5.66. The largest absolute Gasteiger partial charge is 0.480 e. The molecule has 0 saturated heterocycles. The molecule has 0 rings (SSSR count). The molecule has 3 heteroatoms. The van der Waals surface area contributed by atoms with Crippen LogP contribution in [0.3, 0.4) is 0 Å². The van der Waals surface area contributed by atoms with Gasteiger partial charge in [-0.3, -0.25) is 4.79 Å². The number of carboxylic acid groups (broad SMARTS) is 1. The van der Waals surface area contributed by atoms with E-state index in [4.69, 9.17) is 5.11 Å². The van der Waals surface area contributed by atoms with E-state index < -0.39 is 11.5 Å². The molecule has 0 spiro atoms. The molecule has 0 aromatic carbocycles. The molecule has 0 aromatic rings. The Kier molecular flexibility index (Phi) is 7.05. The molecule has 2 N–H and O–H groups in total. The van der Waals surface area contributed by atoms with Crippen molar-refractivity contribution in [2.75, 3.05) is 6.54 Å². The monoisotopic (exact) mass is 213 g/mol. The Bertz CT molecular complexity index is 204. The predicted octanol–water partition coefficient (Wildman–Crippen LogP) is 2.58. The Morgan fingerprint density at radius 1 is 1.47 bits per heavy atom. The highest BCUT2D eigenvalue weighted by atomic mass is 16.4. The van der Waals surface area contributed by atoms with Crippen LogP contribution in [0.15, 0.2) is 12.7 Å². The summed E-state index contributed by atoms with van der Waals surface area (Å²) in [5.74, 6) is -0.768. The number of nitrogens with one attached hydrogen (secondary N) is 1. The molecule has 0 aliphatic carbocycles. The molecule has 0 amide bonds.